The molecule has 8 fully saturated rings. The summed E-state index contributed by atoms with van der Waals surface area (Å²) in [5.41, 5.74) is 18.3. The van der Waals surface area contributed by atoms with Crippen molar-refractivity contribution in [2.45, 2.75) is 208 Å². The first-order chi connectivity index (χ1) is 54.8. The molecule has 4 aromatic heterocycles. The third kappa shape index (κ3) is 14.8. The van der Waals surface area contributed by atoms with Crippen molar-refractivity contribution in [2.24, 2.45) is 23.7 Å². The van der Waals surface area contributed by atoms with E-state index in [4.69, 9.17) is 48.7 Å². The van der Waals surface area contributed by atoms with Gasteiger partial charge < -0.3 is 89.8 Å². The summed E-state index contributed by atoms with van der Waals surface area (Å²) < 4.78 is 29.8. The van der Waals surface area contributed by atoms with Gasteiger partial charge in [0.25, 0.3) is 0 Å². The van der Waals surface area contributed by atoms with E-state index in [1.807, 2.05) is 34.6 Å². The number of aromatic amines is 4. The fourth-order valence-electron chi connectivity index (χ4n) is 20.0. The Morgan fingerprint density at radius 1 is 0.398 bits per heavy atom. The maximum absolute atomic E-state index is 14.2. The number of carboxylic acid groups (broad SMARTS) is 1. The first-order valence-corrected chi connectivity index (χ1v) is 40.1. The van der Waals surface area contributed by atoms with Gasteiger partial charge in [0, 0.05) is 67.8 Å². The highest BCUT2D eigenvalue weighted by molar-refractivity contribution is 6.06. The number of nitrogens with zero attached hydrogens (tertiary/aromatic N) is 6. The number of likely N-dealkylation sites (tertiary alicyclic amines) is 2. The molecule has 0 unspecified atom stereocenters. The lowest BCUT2D eigenvalue weighted by Crippen LogP contribution is -2.55. The average molecular weight is 1540 g/mol. The highest BCUT2D eigenvalue weighted by Gasteiger charge is 2.52. The highest BCUT2D eigenvalue weighted by atomic mass is 16.6. The van der Waals surface area contributed by atoms with Crippen LogP contribution in [-0.2, 0) is 42.8 Å². The summed E-state index contributed by atoms with van der Waals surface area (Å²) in [6, 6.07) is 25.3. The number of nitrogens with one attached hydrogen (secondary N) is 9. The molecule has 8 aromatic rings. The number of amides is 5. The molecule has 28 nitrogen and oxygen atoms in total. The van der Waals surface area contributed by atoms with Gasteiger partial charge in [-0.25, -0.2) is 39.1 Å². The van der Waals surface area contributed by atoms with Crippen LogP contribution >= 0.6 is 0 Å². The number of benzene rings is 4. The fraction of sp³-hybridized carbons (Fsp3) is 0.506. The van der Waals surface area contributed by atoms with Gasteiger partial charge >= 0.3 is 24.2 Å². The van der Waals surface area contributed by atoms with E-state index in [0.717, 1.165) is 150 Å². The highest BCUT2D eigenvalue weighted by Crippen LogP contribution is 2.54. The Balaban J connectivity index is 0.000000159. The Kier molecular flexibility index (Phi) is 21.9. The Labute approximate surface area is 656 Å². The SMILES string of the molecule is COC(=O)N[C@H](C(=O)N1[C@H](c2ncc(-c3ccc4c(c3)-c3ccc(-c5cnc([C@@H]6C[C@@H]7CCC[C@@H]7N6C(=O)[C@@H](NC(=O)OC)[C@@H](C)OC)[nH]5)cc3-4)[nH]2)C[C@@H]2CCC[C@@H]21)[C@@H](C)OC.COC(=O)N[C@H](C(=O)O)[C@@H](C)OC.c1cc2c(cc1-c1cnc([C@@H]3C[C@@H]4CCC[C@@H]4N3)[nH]1)-c1ccc(-c3cnc([C@@H]4C[C@@H]5CCC[C@@H]5N4)[nH]3)cc1-2. The number of fused-ring (bicyclic) bond motifs is 12. The number of methoxy groups -OCH3 is 6. The van der Waals surface area contributed by atoms with Crippen LogP contribution in [0.2, 0.25) is 0 Å². The Morgan fingerprint density at radius 3 is 1.04 bits per heavy atom. The molecule has 8 heterocycles. The van der Waals surface area contributed by atoms with Crippen molar-refractivity contribution >= 4 is 36.1 Å². The predicted octanol–water partition coefficient (Wildman–Crippen LogP) is 12.9. The van der Waals surface area contributed by atoms with E-state index in [1.165, 1.54) is 127 Å². The van der Waals surface area contributed by atoms with E-state index in [9.17, 15) is 28.8 Å². The van der Waals surface area contributed by atoms with Crippen molar-refractivity contribution in [3.05, 3.63) is 121 Å². The third-order valence-corrected chi connectivity index (χ3v) is 26.3. The Bertz CT molecular complexity index is 4550. The molecule has 10 aliphatic rings. The number of aliphatic carboxylic acids is 1. The van der Waals surface area contributed by atoms with Gasteiger partial charge in [-0.1, -0.05) is 74.2 Å². The van der Waals surface area contributed by atoms with Crippen LogP contribution in [0.15, 0.2) is 97.6 Å². The number of alkyl carbamates (subject to hydrolysis) is 3. The molecule has 0 bridgehead atoms. The van der Waals surface area contributed by atoms with Gasteiger partial charge in [-0.2, -0.15) is 0 Å². The number of aromatic nitrogens is 8. The summed E-state index contributed by atoms with van der Waals surface area (Å²) in [6.45, 7) is 5.08. The lowest BCUT2D eigenvalue weighted by molar-refractivity contribution is -0.143. The minimum absolute atomic E-state index is 0.0687. The molecule has 5 amide bonds. The van der Waals surface area contributed by atoms with Crippen molar-refractivity contribution < 1.29 is 62.3 Å². The van der Waals surface area contributed by atoms with Crippen molar-refractivity contribution in [3.8, 4) is 89.5 Å². The number of ether oxygens (including phenoxy) is 6. The van der Waals surface area contributed by atoms with Crippen LogP contribution in [0.1, 0.15) is 171 Å². The number of hydrogen-bond acceptors (Lipinski definition) is 18. The van der Waals surface area contributed by atoms with E-state index < -0.39 is 60.7 Å². The molecule has 113 heavy (non-hydrogen) atoms. The van der Waals surface area contributed by atoms with Gasteiger partial charge in [-0.05, 0) is 190 Å². The Hall–Kier alpha value is -10.3. The van der Waals surface area contributed by atoms with Crippen LogP contribution in [0.3, 0.4) is 0 Å². The molecule has 18 rings (SSSR count). The predicted molar refractivity (Wildman–Crippen MR) is 421 cm³/mol. The molecular weight excluding hydrogens is 1440 g/mol. The van der Waals surface area contributed by atoms with Gasteiger partial charge in [0.15, 0.2) is 6.04 Å². The van der Waals surface area contributed by atoms with Crippen molar-refractivity contribution in [3.63, 3.8) is 0 Å². The van der Waals surface area contributed by atoms with Gasteiger partial charge in [0.2, 0.25) is 11.8 Å². The third-order valence-electron chi connectivity index (χ3n) is 26.3. The molecule has 6 aliphatic carbocycles. The monoisotopic (exact) mass is 1540 g/mol. The lowest BCUT2D eigenvalue weighted by atomic mass is 9.78. The molecule has 4 saturated carbocycles. The van der Waals surface area contributed by atoms with Crippen molar-refractivity contribution in [1.29, 1.82) is 0 Å². The quantitative estimate of drug-likeness (QED) is 0.0317. The van der Waals surface area contributed by atoms with E-state index in [-0.39, 0.29) is 36.0 Å². The molecule has 28 heteroatoms. The molecular formula is C85H103N15O13. The van der Waals surface area contributed by atoms with Gasteiger partial charge in [-0.15, -0.1) is 0 Å². The molecule has 4 aliphatic heterocycles. The number of carbonyl (C=O) groups is 6. The fourth-order valence-corrected chi connectivity index (χ4v) is 20.0. The zero-order chi connectivity index (χ0) is 78.6. The smallest absolute Gasteiger partial charge is 0.407 e. The number of imidazole rings is 4. The summed E-state index contributed by atoms with van der Waals surface area (Å²) in [5, 5.41) is 23.9. The molecule has 18 atom stereocenters. The van der Waals surface area contributed by atoms with Gasteiger partial charge in [0.1, 0.15) is 35.4 Å². The summed E-state index contributed by atoms with van der Waals surface area (Å²) in [6.07, 6.45) is 22.0. The second-order valence-corrected chi connectivity index (χ2v) is 32.3. The van der Waals surface area contributed by atoms with Crippen LogP contribution < -0.4 is 26.6 Å². The minimum Gasteiger partial charge on any atom is -0.480 e. The van der Waals surface area contributed by atoms with E-state index >= 15 is 0 Å². The van der Waals surface area contributed by atoms with Crippen LogP contribution in [0.5, 0.6) is 0 Å². The zero-order valence-electron chi connectivity index (χ0n) is 65.5. The van der Waals surface area contributed by atoms with Gasteiger partial charge in [0.05, 0.1) is 111 Å². The molecule has 4 saturated heterocycles. The second kappa shape index (κ2) is 32.3. The second-order valence-electron chi connectivity index (χ2n) is 32.3. The number of rotatable bonds is 20. The number of hydrogen-bond donors (Lipinski definition) is 10. The minimum atomic E-state index is -1.17. The first kappa shape index (κ1) is 76.7. The molecule has 0 radical (unpaired) electrons. The largest absolute Gasteiger partial charge is 0.480 e. The van der Waals surface area contributed by atoms with E-state index in [1.54, 1.807) is 13.8 Å². The molecule has 596 valence electrons. The normalized spacial score (nSPS) is 25.7. The average Bonchev–Trinajstić information content (AvgIpc) is 1.20. The standard InChI is InChI=1S/C46H56N8O8.C32H34N6.C7H13NO5/c1-23(59-3)39(51-45(57)61-5)43(55)53-35-11-7-9-27(35)19-37(53)41-47-21-33(49-41)25-13-15-29-31(17-25)30-16-14-26(18-32(29)30)34-22-48-42(50-34)38-20-28-10-8-12-36(28)54(38)44(56)40(24(2)60-4)52-46(58)62-6;1-3-17-13-27(35-25(17)5-1)31-33-15-29(37-31)19-7-9-21-23(11-19)22-10-8-20(12-24(21)22)30-16-34-32(38-30)28-14-18-4-2-6-26(18)36-28;1-4(12-2)5(6(9)10)8-7(11)13-3/h13-18,21-24,27-28,35-40H,7-12,19-20H2,1-6H3,(H,47,49)(H,48,50)(H,51,57)(H,52,58);7-12,15-18,25-28,35-36H,1-6,13-14H2,(H,33,37)(H,34,38);4-5H,1-3H3,(H,8,11)(H,9,10)/t23-,24-,27+,28+,35+,36+,37+,38+,39+,40+;17-,18-,25-,26-,27-,28-;4-,5+/m101/s1. The lowest BCUT2D eigenvalue weighted by Gasteiger charge is -2.34. The molecule has 4 aromatic carbocycles. The van der Waals surface area contributed by atoms with Crippen LogP contribution in [0.4, 0.5) is 14.4 Å². The zero-order valence-corrected chi connectivity index (χ0v) is 65.5. The van der Waals surface area contributed by atoms with Gasteiger partial charge in [-0.3, -0.25) is 9.59 Å². The topological polar surface area (TPSA) is 359 Å². The number of carbonyl (C=O) groups excluding carboxylic acids is 5. The summed E-state index contributed by atoms with van der Waals surface area (Å²) in [5.74, 6) is 4.48. The first-order valence-electron chi connectivity index (χ1n) is 40.1. The number of carboxylic acids is 1. The summed E-state index contributed by atoms with van der Waals surface area (Å²) in [7, 11) is 8.14. The maximum Gasteiger partial charge on any atom is 0.407 e. The van der Waals surface area contributed by atoms with E-state index in [2.05, 4.69) is 124 Å². The summed E-state index contributed by atoms with van der Waals surface area (Å²) >= 11 is 0. The van der Waals surface area contributed by atoms with Crippen LogP contribution in [0.25, 0.3) is 89.5 Å². The van der Waals surface area contributed by atoms with Crippen LogP contribution in [-0.4, -0.2) is 194 Å². The summed E-state index contributed by atoms with van der Waals surface area (Å²) in [4.78, 5) is 112. The van der Waals surface area contributed by atoms with Crippen molar-refractivity contribution in [2.75, 3.05) is 42.7 Å². The molecule has 10 N–H and O–H groups in total. The van der Waals surface area contributed by atoms with E-state index in [0.29, 0.717) is 36.0 Å². The molecule has 0 spiro atoms. The van der Waals surface area contributed by atoms with Crippen LogP contribution in [0, 0.1) is 23.7 Å². The Morgan fingerprint density at radius 2 is 0.708 bits per heavy atom. The van der Waals surface area contributed by atoms with Crippen molar-refractivity contribution in [1.82, 2.24) is 76.3 Å². The maximum atomic E-state index is 14.2. The number of H-pyrrole nitrogens is 4.